The first-order valence-electron chi connectivity index (χ1n) is 6.45. The number of thioether (sulfide) groups is 1. The van der Waals surface area contributed by atoms with Crippen LogP contribution in [0, 0.1) is 5.92 Å². The molecule has 1 N–H and O–H groups in total. The fourth-order valence-electron chi connectivity index (χ4n) is 2.27. The summed E-state index contributed by atoms with van der Waals surface area (Å²) in [7, 11) is 3.01. The Labute approximate surface area is 123 Å². The van der Waals surface area contributed by atoms with Gasteiger partial charge in [0.1, 0.15) is 0 Å². The Morgan fingerprint density at radius 3 is 2.65 bits per heavy atom. The minimum absolute atomic E-state index is 0.213. The van der Waals surface area contributed by atoms with Crippen molar-refractivity contribution in [3.8, 4) is 0 Å². The van der Waals surface area contributed by atoms with Gasteiger partial charge in [-0.15, -0.1) is 11.8 Å². The number of hydroxylamine groups is 2. The highest BCUT2D eigenvalue weighted by molar-refractivity contribution is 8.03. The molecule has 0 radical (unpaired) electrons. The molecular formula is C15H19NO3S. The lowest BCUT2D eigenvalue weighted by Gasteiger charge is -2.22. The maximum atomic E-state index is 12.3. The van der Waals surface area contributed by atoms with Crippen LogP contribution in [-0.4, -0.2) is 42.1 Å². The highest BCUT2D eigenvalue weighted by atomic mass is 32.2. The lowest BCUT2D eigenvalue weighted by atomic mass is 9.96. The molecule has 1 fully saturated rings. The molecule has 1 aliphatic rings. The number of aliphatic hydroxyl groups excluding tert-OH is 1. The molecule has 1 saturated heterocycles. The van der Waals surface area contributed by atoms with E-state index in [1.807, 2.05) is 37.3 Å². The summed E-state index contributed by atoms with van der Waals surface area (Å²) < 4.78 is 0. The number of benzene rings is 1. The number of carbonyl (C=O) groups is 1. The summed E-state index contributed by atoms with van der Waals surface area (Å²) in [6.45, 7) is 1.99. The zero-order valence-corrected chi connectivity index (χ0v) is 12.7. The average Bonchev–Trinajstić information content (AvgIpc) is 2.87. The molecule has 1 heterocycles. The van der Waals surface area contributed by atoms with Crippen molar-refractivity contribution >= 4 is 23.2 Å². The third kappa shape index (κ3) is 2.90. The predicted octanol–water partition coefficient (Wildman–Crippen LogP) is 2.16. The van der Waals surface area contributed by atoms with E-state index in [9.17, 15) is 9.90 Å². The summed E-state index contributed by atoms with van der Waals surface area (Å²) in [5.74, 6) is -0.214. The van der Waals surface area contributed by atoms with Gasteiger partial charge in [-0.1, -0.05) is 30.3 Å². The van der Waals surface area contributed by atoms with E-state index >= 15 is 0 Å². The van der Waals surface area contributed by atoms with Crippen LogP contribution in [0.15, 0.2) is 35.2 Å². The molecule has 108 valence electrons. The van der Waals surface area contributed by atoms with E-state index in [1.165, 1.54) is 12.2 Å². The quantitative estimate of drug-likeness (QED) is 0.868. The largest absolute Gasteiger partial charge is 0.391 e. The smallest absolute Gasteiger partial charge is 0.256 e. The summed E-state index contributed by atoms with van der Waals surface area (Å²) in [6.07, 6.45) is -0.668. The molecule has 20 heavy (non-hydrogen) atoms. The van der Waals surface area contributed by atoms with Gasteiger partial charge >= 0.3 is 0 Å². The molecule has 0 bridgehead atoms. The highest BCUT2D eigenvalue weighted by Gasteiger charge is 2.39. The van der Waals surface area contributed by atoms with Crippen LogP contribution in [0.1, 0.15) is 12.5 Å². The molecule has 0 aliphatic carbocycles. The molecule has 2 atom stereocenters. The summed E-state index contributed by atoms with van der Waals surface area (Å²) >= 11 is 1.54. The normalized spacial score (nSPS) is 24.6. The minimum atomic E-state index is -0.668. The monoisotopic (exact) mass is 293 g/mol. The van der Waals surface area contributed by atoms with E-state index in [0.29, 0.717) is 5.75 Å². The van der Waals surface area contributed by atoms with Crippen LogP contribution in [0.2, 0.25) is 0 Å². The van der Waals surface area contributed by atoms with Gasteiger partial charge in [0.15, 0.2) is 0 Å². The van der Waals surface area contributed by atoms with E-state index in [2.05, 4.69) is 0 Å². The van der Waals surface area contributed by atoms with Crippen molar-refractivity contribution in [1.29, 1.82) is 0 Å². The number of nitrogens with zero attached hydrogens (tertiary/aromatic N) is 1. The summed E-state index contributed by atoms with van der Waals surface area (Å²) in [6, 6.07) is 9.91. The number of allylic oxidation sites excluding steroid dienone is 1. The van der Waals surface area contributed by atoms with E-state index < -0.39 is 12.0 Å². The van der Waals surface area contributed by atoms with Crippen molar-refractivity contribution in [2.24, 2.45) is 5.92 Å². The van der Waals surface area contributed by atoms with Gasteiger partial charge in [-0.3, -0.25) is 9.63 Å². The third-order valence-corrected chi connectivity index (χ3v) is 4.88. The van der Waals surface area contributed by atoms with Crippen LogP contribution in [0.5, 0.6) is 0 Å². The number of hydrogen-bond donors (Lipinski definition) is 1. The molecule has 0 spiro atoms. The third-order valence-electron chi connectivity index (χ3n) is 3.50. The van der Waals surface area contributed by atoms with Gasteiger partial charge in [-0.05, 0) is 18.1 Å². The maximum absolute atomic E-state index is 12.3. The Bertz CT molecular complexity index is 515. The van der Waals surface area contributed by atoms with Crippen molar-refractivity contribution in [2.45, 2.75) is 13.0 Å². The van der Waals surface area contributed by atoms with Gasteiger partial charge in [-0.25, -0.2) is 5.06 Å². The summed E-state index contributed by atoms with van der Waals surface area (Å²) in [5, 5.41) is 11.3. The number of aliphatic hydroxyl groups is 1. The van der Waals surface area contributed by atoms with Gasteiger partial charge in [0.25, 0.3) is 5.91 Å². The first-order valence-corrected chi connectivity index (χ1v) is 7.43. The average molecular weight is 293 g/mol. The highest BCUT2D eigenvalue weighted by Crippen LogP contribution is 2.42. The predicted molar refractivity (Wildman–Crippen MR) is 80.8 cm³/mol. The molecule has 1 aromatic carbocycles. The van der Waals surface area contributed by atoms with E-state index in [4.69, 9.17) is 4.84 Å². The molecule has 1 aliphatic heterocycles. The fourth-order valence-corrected chi connectivity index (χ4v) is 3.58. The second-order valence-corrected chi connectivity index (χ2v) is 5.79. The van der Waals surface area contributed by atoms with Crippen molar-refractivity contribution in [1.82, 2.24) is 5.06 Å². The van der Waals surface area contributed by atoms with Gasteiger partial charge in [-0.2, -0.15) is 0 Å². The summed E-state index contributed by atoms with van der Waals surface area (Å²) in [4.78, 5) is 18.2. The topological polar surface area (TPSA) is 49.8 Å². The molecule has 2 unspecified atom stereocenters. The Hall–Kier alpha value is -1.30. The Morgan fingerprint density at radius 1 is 1.40 bits per heavy atom. The van der Waals surface area contributed by atoms with Crippen LogP contribution in [0.25, 0.3) is 5.57 Å². The van der Waals surface area contributed by atoms with E-state index in [0.717, 1.165) is 16.0 Å². The first-order chi connectivity index (χ1) is 9.56. The second kappa shape index (κ2) is 6.43. The lowest BCUT2D eigenvalue weighted by molar-refractivity contribution is -0.174. The number of amides is 1. The van der Waals surface area contributed by atoms with Gasteiger partial charge in [0.2, 0.25) is 0 Å². The van der Waals surface area contributed by atoms with Gasteiger partial charge in [0.05, 0.1) is 19.1 Å². The molecule has 2 rings (SSSR count). The molecule has 5 heteroatoms. The lowest BCUT2D eigenvalue weighted by Crippen LogP contribution is -2.37. The zero-order valence-electron chi connectivity index (χ0n) is 11.9. The standard InChI is InChI=1S/C15H19NO3S/c1-10(11-7-5-4-6-8-11)14-13(12(17)9-20-14)15(18)16(2)19-3/h4-8,12-13,17H,9H2,1-3H3/b14-10+. The molecule has 4 nitrogen and oxygen atoms in total. The minimum Gasteiger partial charge on any atom is -0.391 e. The van der Waals surface area contributed by atoms with Crippen molar-refractivity contribution in [2.75, 3.05) is 19.9 Å². The molecule has 1 aromatic rings. The Morgan fingerprint density at radius 2 is 2.05 bits per heavy atom. The summed E-state index contributed by atoms with van der Waals surface area (Å²) in [5.41, 5.74) is 2.11. The van der Waals surface area contributed by atoms with Crippen LogP contribution in [0.4, 0.5) is 0 Å². The molecule has 0 saturated carbocycles. The van der Waals surface area contributed by atoms with Crippen molar-refractivity contribution < 1.29 is 14.7 Å². The number of rotatable bonds is 3. The first kappa shape index (κ1) is 15.1. The number of carbonyl (C=O) groups excluding carboxylic acids is 1. The molecule has 0 aromatic heterocycles. The van der Waals surface area contributed by atoms with Crippen molar-refractivity contribution in [3.05, 3.63) is 40.8 Å². The van der Waals surface area contributed by atoms with E-state index in [-0.39, 0.29) is 5.91 Å². The van der Waals surface area contributed by atoms with Crippen LogP contribution in [0.3, 0.4) is 0 Å². The van der Waals surface area contributed by atoms with Crippen LogP contribution < -0.4 is 0 Å². The van der Waals surface area contributed by atoms with Crippen LogP contribution in [-0.2, 0) is 9.63 Å². The van der Waals surface area contributed by atoms with Gasteiger partial charge < -0.3 is 5.11 Å². The zero-order chi connectivity index (χ0) is 14.7. The maximum Gasteiger partial charge on any atom is 0.256 e. The van der Waals surface area contributed by atoms with Crippen molar-refractivity contribution in [3.63, 3.8) is 0 Å². The van der Waals surface area contributed by atoms with Crippen LogP contribution >= 0.6 is 11.8 Å². The SMILES string of the molecule is CON(C)C(=O)C1/C(=C(/C)c2ccccc2)SCC1O. The van der Waals surface area contributed by atoms with E-state index in [1.54, 1.807) is 18.8 Å². The van der Waals surface area contributed by atoms with Gasteiger partial charge in [0, 0.05) is 17.7 Å². The Balaban J connectivity index is 2.37. The Kier molecular flexibility index (Phi) is 4.86. The fraction of sp³-hybridized carbons (Fsp3) is 0.400. The number of hydrogen-bond acceptors (Lipinski definition) is 4. The second-order valence-electron chi connectivity index (χ2n) is 4.73. The molecular weight excluding hydrogens is 274 g/mol. The molecule has 1 amide bonds.